The third-order valence-electron chi connectivity index (χ3n) is 13.4. The first-order valence-electron chi connectivity index (χ1n) is 30.0. The summed E-state index contributed by atoms with van der Waals surface area (Å²) >= 11 is 1.14. The molecule has 0 aliphatic heterocycles. The number of carboxylic acid groups (broad SMARTS) is 3. The summed E-state index contributed by atoms with van der Waals surface area (Å²) in [5.74, 6) is -13.8. The van der Waals surface area contributed by atoms with Gasteiger partial charge >= 0.3 is 29.8 Å². The van der Waals surface area contributed by atoms with Gasteiger partial charge in [0.05, 0.1) is 31.8 Å². The second-order valence-corrected chi connectivity index (χ2v) is 22.2. The summed E-state index contributed by atoms with van der Waals surface area (Å²) in [6.07, 6.45) is 25.3. The van der Waals surface area contributed by atoms with E-state index in [0.717, 1.165) is 56.7 Å². The first-order valence-corrected chi connectivity index (χ1v) is 31.1. The molecular weight excluding hydrogens is 1100 g/mol. The van der Waals surface area contributed by atoms with Crippen molar-refractivity contribution in [1.29, 1.82) is 0 Å². The highest BCUT2D eigenvalue weighted by molar-refractivity contribution is 7.99. The lowest BCUT2D eigenvalue weighted by Crippen LogP contribution is -2.59. The maximum atomic E-state index is 13.4. The number of carbonyl (C=O) groups is 12. The number of hydrogen-bond donors (Lipinski definition) is 11. The fourth-order valence-electron chi connectivity index (χ4n) is 8.69. The van der Waals surface area contributed by atoms with E-state index < -0.39 is 146 Å². The number of carbonyl (C=O) groups excluding carboxylic acids is 9. The molecule has 14 N–H and O–H groups in total. The predicted octanol–water partition coefficient (Wildman–Crippen LogP) is 4.69. The topological polar surface area (TPSA) is 422 Å². The minimum atomic E-state index is -2.04. The van der Waals surface area contributed by atoms with Crippen molar-refractivity contribution in [3.05, 3.63) is 0 Å². The smallest absolute Gasteiger partial charge is 0.326 e. The van der Waals surface area contributed by atoms with Gasteiger partial charge in [0.1, 0.15) is 36.9 Å². The van der Waals surface area contributed by atoms with E-state index in [-0.39, 0.29) is 31.0 Å². The number of unbranched alkanes of at least 4 members (excludes halogenated alkanes) is 24. The third kappa shape index (κ3) is 44.2. The van der Waals surface area contributed by atoms with Gasteiger partial charge in [0.15, 0.2) is 0 Å². The van der Waals surface area contributed by atoms with Crippen LogP contribution < -0.4 is 43.8 Å². The highest BCUT2D eigenvalue weighted by Crippen LogP contribution is 2.17. The zero-order valence-corrected chi connectivity index (χ0v) is 50.1. The number of aliphatic carboxylic acids is 3. The van der Waals surface area contributed by atoms with Gasteiger partial charge in [-0.05, 0) is 19.3 Å². The van der Waals surface area contributed by atoms with E-state index in [0.29, 0.717) is 12.8 Å². The van der Waals surface area contributed by atoms with E-state index in [9.17, 15) is 67.7 Å². The standard InChI is InChI=1S/C57H100N8O17S/c1-3-5-7-9-11-13-15-17-19-21-23-25-27-29-51(73)81-37-40(82-52(74)30-28-26-24-22-20-18-16-14-12-10-8-6-4-2)38-83-39-41(58)53(75)61-36-48(68)62-43(33-46(59)66)54(76)64-44(34-47(60)67)55(77)65-45(35-50(71)72)56(78)63-42(57(79)80)31-32-49(69)70/h40-45H,3-39,58H2,1-2H3,(H2,59,66)(H2,60,67)(H,61,75)(H,62,68)(H,63,78)(H,64,76)(H,65,77)(H,69,70)(H,71,72)(H,79,80)/t40-,41-,42-,43-,44-,45-/m0/s1. The summed E-state index contributed by atoms with van der Waals surface area (Å²) in [4.78, 5) is 150. The van der Waals surface area contributed by atoms with Gasteiger partial charge in [-0.25, -0.2) is 4.79 Å². The molecule has 0 saturated carbocycles. The molecule has 0 radical (unpaired) electrons. The SMILES string of the molecule is CCCCCCCCCCCCCCCC(=O)OC[C@@H](CSC[C@H](N)C(=O)NCC(=O)N[C@@H](CC(N)=O)C(=O)N[C@@H](CC(N)=O)C(=O)N[C@@H](CC(=O)O)C(=O)N[C@@H](CCC(=O)O)C(=O)O)OC(=O)CCCCCCCCCCCCCCC. The largest absolute Gasteiger partial charge is 0.481 e. The Bertz CT molecular complexity index is 1970. The predicted molar refractivity (Wildman–Crippen MR) is 312 cm³/mol. The van der Waals surface area contributed by atoms with Crippen LogP contribution >= 0.6 is 11.8 Å². The molecule has 26 heteroatoms. The van der Waals surface area contributed by atoms with Gasteiger partial charge in [0, 0.05) is 30.8 Å². The van der Waals surface area contributed by atoms with Crippen molar-refractivity contribution >= 4 is 83.0 Å². The van der Waals surface area contributed by atoms with Crippen molar-refractivity contribution < 1.29 is 82.3 Å². The lowest BCUT2D eigenvalue weighted by molar-refractivity contribution is -0.157. The van der Waals surface area contributed by atoms with E-state index in [1.54, 1.807) is 0 Å². The van der Waals surface area contributed by atoms with Crippen molar-refractivity contribution in [1.82, 2.24) is 26.6 Å². The number of primary amides is 2. The third-order valence-corrected chi connectivity index (χ3v) is 14.6. The Morgan fingerprint density at radius 2 is 0.831 bits per heavy atom. The molecule has 0 aromatic heterocycles. The van der Waals surface area contributed by atoms with Gasteiger partial charge in [0.2, 0.25) is 41.4 Å². The monoisotopic (exact) mass is 1200 g/mol. The molecule has 0 fully saturated rings. The van der Waals surface area contributed by atoms with E-state index in [1.807, 2.05) is 10.6 Å². The molecule has 6 atom stereocenters. The molecular formula is C57H100N8O17S. The van der Waals surface area contributed by atoms with Crippen molar-refractivity contribution in [2.45, 2.75) is 262 Å². The summed E-state index contributed by atoms with van der Waals surface area (Å²) in [5, 5.41) is 38.2. The molecule has 7 amide bonds. The maximum absolute atomic E-state index is 13.4. The second kappa shape index (κ2) is 49.4. The van der Waals surface area contributed by atoms with Gasteiger partial charge in [-0.2, -0.15) is 11.8 Å². The molecule has 0 bridgehead atoms. The van der Waals surface area contributed by atoms with E-state index in [2.05, 4.69) is 29.8 Å². The summed E-state index contributed by atoms with van der Waals surface area (Å²) in [7, 11) is 0. The average Bonchev–Trinajstić information content (AvgIpc) is 3.45. The van der Waals surface area contributed by atoms with Crippen LogP contribution in [0.3, 0.4) is 0 Å². The average molecular weight is 1200 g/mol. The summed E-state index contributed by atoms with van der Waals surface area (Å²) in [5.41, 5.74) is 16.7. The molecule has 0 aromatic carbocycles. The lowest BCUT2D eigenvalue weighted by Gasteiger charge is -2.25. The number of rotatable bonds is 55. The zero-order chi connectivity index (χ0) is 62.2. The summed E-state index contributed by atoms with van der Waals surface area (Å²) < 4.78 is 11.3. The minimum absolute atomic E-state index is 0.0386. The Morgan fingerprint density at radius 3 is 1.23 bits per heavy atom. The van der Waals surface area contributed by atoms with Crippen molar-refractivity contribution in [3.63, 3.8) is 0 Å². The molecule has 476 valence electrons. The van der Waals surface area contributed by atoms with Crippen LogP contribution in [0.1, 0.15) is 226 Å². The number of amides is 7. The van der Waals surface area contributed by atoms with Gasteiger partial charge in [-0.1, -0.05) is 168 Å². The highest BCUT2D eigenvalue weighted by Gasteiger charge is 2.34. The highest BCUT2D eigenvalue weighted by atomic mass is 32.2. The molecule has 0 aliphatic rings. The Hall–Kier alpha value is -6.05. The van der Waals surface area contributed by atoms with E-state index >= 15 is 0 Å². The number of carboxylic acids is 3. The number of hydrogen-bond acceptors (Lipinski definition) is 16. The van der Waals surface area contributed by atoms with E-state index in [1.165, 1.54) is 109 Å². The van der Waals surface area contributed by atoms with Crippen molar-refractivity contribution in [2.24, 2.45) is 17.2 Å². The molecule has 0 aromatic rings. The first-order chi connectivity index (χ1) is 39.6. The molecule has 25 nitrogen and oxygen atoms in total. The molecule has 0 rings (SSSR count). The molecule has 0 saturated heterocycles. The lowest BCUT2D eigenvalue weighted by atomic mass is 10.0. The number of nitrogens with one attached hydrogen (secondary N) is 5. The fraction of sp³-hybridized carbons (Fsp3) is 0.789. The summed E-state index contributed by atoms with van der Waals surface area (Å²) in [6.45, 7) is 3.44. The number of thioether (sulfide) groups is 1. The Kier molecular flexibility index (Phi) is 45.8. The van der Waals surface area contributed by atoms with Gasteiger partial charge in [-0.15, -0.1) is 0 Å². The Labute approximate surface area is 494 Å². The van der Waals surface area contributed by atoms with Crippen LogP contribution in [0.25, 0.3) is 0 Å². The second-order valence-electron chi connectivity index (χ2n) is 21.2. The molecule has 0 aliphatic carbocycles. The van der Waals surface area contributed by atoms with Crippen LogP contribution in [0.5, 0.6) is 0 Å². The van der Waals surface area contributed by atoms with Crippen molar-refractivity contribution in [3.8, 4) is 0 Å². The van der Waals surface area contributed by atoms with Crippen LogP contribution in [0.2, 0.25) is 0 Å². The van der Waals surface area contributed by atoms with Gasteiger partial charge < -0.3 is 68.6 Å². The molecule has 0 heterocycles. The maximum Gasteiger partial charge on any atom is 0.326 e. The van der Waals surface area contributed by atoms with Crippen LogP contribution in [-0.4, -0.2) is 147 Å². The summed E-state index contributed by atoms with van der Waals surface area (Å²) in [6, 6.07) is -8.91. The van der Waals surface area contributed by atoms with Crippen molar-refractivity contribution in [2.75, 3.05) is 24.7 Å². The number of esters is 2. The van der Waals surface area contributed by atoms with Crippen LogP contribution in [0, 0.1) is 0 Å². The quantitative estimate of drug-likeness (QED) is 0.0290. The number of ether oxygens (including phenoxy) is 2. The van der Waals surface area contributed by atoms with Crippen LogP contribution in [-0.2, 0) is 67.0 Å². The Balaban J connectivity index is 5.49. The zero-order valence-electron chi connectivity index (χ0n) is 49.3. The molecule has 83 heavy (non-hydrogen) atoms. The van der Waals surface area contributed by atoms with Gasteiger partial charge in [0.25, 0.3) is 0 Å². The molecule has 0 unspecified atom stereocenters. The van der Waals surface area contributed by atoms with Gasteiger partial charge in [-0.3, -0.25) is 52.7 Å². The minimum Gasteiger partial charge on any atom is -0.481 e. The Morgan fingerprint density at radius 1 is 0.446 bits per heavy atom. The van der Waals surface area contributed by atoms with Crippen LogP contribution in [0.4, 0.5) is 0 Å². The molecule has 0 spiro atoms. The van der Waals surface area contributed by atoms with Crippen LogP contribution in [0.15, 0.2) is 0 Å². The fourth-order valence-corrected chi connectivity index (χ4v) is 9.65. The first kappa shape index (κ1) is 77.0. The normalized spacial score (nSPS) is 13.2. The van der Waals surface area contributed by atoms with E-state index in [4.69, 9.17) is 31.8 Å². The number of nitrogens with two attached hydrogens (primary N) is 3.